The van der Waals surface area contributed by atoms with E-state index in [4.69, 9.17) is 19.3 Å². The molecular formula is C26H51O8P. The zero-order valence-electron chi connectivity index (χ0n) is 22.2. The Bertz CT molecular complexity index is 564. The Morgan fingerprint density at radius 1 is 0.629 bits per heavy atom. The van der Waals surface area contributed by atoms with E-state index in [0.717, 1.165) is 38.5 Å². The number of carbonyl (C=O) groups is 2. The van der Waals surface area contributed by atoms with Crippen molar-refractivity contribution < 1.29 is 37.9 Å². The minimum absolute atomic E-state index is 0.217. The fourth-order valence-electron chi connectivity index (χ4n) is 3.78. The van der Waals surface area contributed by atoms with Gasteiger partial charge in [0.15, 0.2) is 6.10 Å². The fraction of sp³-hybridized carbons (Fsp3) is 0.923. The number of hydrogen-bond donors (Lipinski definition) is 2. The normalized spacial score (nSPS) is 12.5. The van der Waals surface area contributed by atoms with Gasteiger partial charge in [-0.25, -0.2) is 4.57 Å². The molecule has 0 aliphatic rings. The topological polar surface area (TPSA) is 119 Å². The second-order valence-electron chi connectivity index (χ2n) is 9.38. The highest BCUT2D eigenvalue weighted by molar-refractivity contribution is 7.46. The Balaban J connectivity index is 4.10. The molecule has 208 valence electrons. The molecular weight excluding hydrogens is 471 g/mol. The monoisotopic (exact) mass is 522 g/mol. The molecule has 9 heteroatoms. The molecule has 8 nitrogen and oxygen atoms in total. The summed E-state index contributed by atoms with van der Waals surface area (Å²) in [4.78, 5) is 42.0. The minimum Gasteiger partial charge on any atom is -0.462 e. The molecule has 0 fully saturated rings. The van der Waals surface area contributed by atoms with Crippen molar-refractivity contribution in [3.8, 4) is 0 Å². The van der Waals surface area contributed by atoms with E-state index in [-0.39, 0.29) is 19.4 Å². The molecule has 0 radical (unpaired) electrons. The first-order chi connectivity index (χ1) is 16.8. The fourth-order valence-corrected chi connectivity index (χ4v) is 4.14. The van der Waals surface area contributed by atoms with Crippen molar-refractivity contribution in [2.45, 2.75) is 142 Å². The SMILES string of the molecule is CCCCCCCCCCCCC(=O)O[C@H](COC(=O)CCCCCCCCC)COP(=O)(O)O. The maximum absolute atomic E-state index is 12.2. The first kappa shape index (κ1) is 34.0. The van der Waals surface area contributed by atoms with Gasteiger partial charge in [-0.15, -0.1) is 0 Å². The Morgan fingerprint density at radius 3 is 1.46 bits per heavy atom. The van der Waals surface area contributed by atoms with Crippen LogP contribution in [0.4, 0.5) is 0 Å². The summed E-state index contributed by atoms with van der Waals surface area (Å²) in [6.07, 6.45) is 18.5. The largest absolute Gasteiger partial charge is 0.469 e. The third-order valence-electron chi connectivity index (χ3n) is 5.88. The van der Waals surface area contributed by atoms with E-state index in [1.54, 1.807) is 0 Å². The van der Waals surface area contributed by atoms with E-state index in [1.165, 1.54) is 64.2 Å². The third-order valence-corrected chi connectivity index (χ3v) is 6.36. The molecule has 0 rings (SSSR count). The molecule has 0 aliphatic carbocycles. The highest BCUT2D eigenvalue weighted by Gasteiger charge is 2.22. The van der Waals surface area contributed by atoms with Gasteiger partial charge in [0.25, 0.3) is 0 Å². The number of esters is 2. The summed E-state index contributed by atoms with van der Waals surface area (Å²) >= 11 is 0. The van der Waals surface area contributed by atoms with Crippen molar-refractivity contribution in [3.63, 3.8) is 0 Å². The van der Waals surface area contributed by atoms with Crippen LogP contribution < -0.4 is 0 Å². The highest BCUT2D eigenvalue weighted by atomic mass is 31.2. The van der Waals surface area contributed by atoms with Crippen molar-refractivity contribution in [2.24, 2.45) is 0 Å². The van der Waals surface area contributed by atoms with Crippen molar-refractivity contribution in [3.05, 3.63) is 0 Å². The lowest BCUT2D eigenvalue weighted by Gasteiger charge is -2.18. The Hall–Kier alpha value is -0.950. The number of rotatable bonds is 25. The maximum atomic E-state index is 12.2. The highest BCUT2D eigenvalue weighted by Crippen LogP contribution is 2.35. The van der Waals surface area contributed by atoms with Gasteiger partial charge < -0.3 is 19.3 Å². The molecule has 0 aromatic rings. The first-order valence-corrected chi connectivity index (χ1v) is 15.4. The van der Waals surface area contributed by atoms with E-state index in [0.29, 0.717) is 6.42 Å². The van der Waals surface area contributed by atoms with Gasteiger partial charge in [0, 0.05) is 12.8 Å². The van der Waals surface area contributed by atoms with Gasteiger partial charge in [0.1, 0.15) is 6.61 Å². The number of unbranched alkanes of at least 4 members (excludes halogenated alkanes) is 15. The minimum atomic E-state index is -4.72. The van der Waals surface area contributed by atoms with Crippen LogP contribution in [-0.4, -0.2) is 41.0 Å². The Morgan fingerprint density at radius 2 is 1.03 bits per heavy atom. The zero-order valence-corrected chi connectivity index (χ0v) is 23.1. The molecule has 0 heterocycles. The molecule has 1 atom stereocenters. The average Bonchev–Trinajstić information content (AvgIpc) is 2.81. The first-order valence-electron chi connectivity index (χ1n) is 13.8. The quantitative estimate of drug-likeness (QED) is 0.0747. The van der Waals surface area contributed by atoms with Crippen LogP contribution in [0.25, 0.3) is 0 Å². The van der Waals surface area contributed by atoms with Gasteiger partial charge >= 0.3 is 19.8 Å². The number of phosphoric acid groups is 1. The lowest BCUT2D eigenvalue weighted by Crippen LogP contribution is -2.29. The second-order valence-corrected chi connectivity index (χ2v) is 10.6. The number of ether oxygens (including phenoxy) is 2. The van der Waals surface area contributed by atoms with Gasteiger partial charge in [0.05, 0.1) is 6.61 Å². The third kappa shape index (κ3) is 25.9. The van der Waals surface area contributed by atoms with Crippen molar-refractivity contribution in [2.75, 3.05) is 13.2 Å². The van der Waals surface area contributed by atoms with E-state index in [2.05, 4.69) is 18.4 Å². The summed E-state index contributed by atoms with van der Waals surface area (Å²) in [5.41, 5.74) is 0. The average molecular weight is 523 g/mol. The van der Waals surface area contributed by atoms with Gasteiger partial charge in [-0.1, -0.05) is 110 Å². The van der Waals surface area contributed by atoms with Crippen LogP contribution in [-0.2, 0) is 28.2 Å². The van der Waals surface area contributed by atoms with E-state index in [1.807, 2.05) is 0 Å². The van der Waals surface area contributed by atoms with Gasteiger partial charge in [-0.05, 0) is 12.8 Å². The number of hydrogen-bond acceptors (Lipinski definition) is 6. The van der Waals surface area contributed by atoms with Gasteiger partial charge in [-0.3, -0.25) is 14.1 Å². The van der Waals surface area contributed by atoms with Crippen LogP contribution in [0.2, 0.25) is 0 Å². The standard InChI is InChI=1S/C26H51O8P/c1-3-5-7-9-11-12-13-15-17-19-21-26(28)34-24(23-33-35(29,30)31)22-32-25(27)20-18-16-14-10-8-6-4-2/h24H,3-23H2,1-2H3,(H2,29,30,31)/t24-/m1/s1. The summed E-state index contributed by atoms with van der Waals surface area (Å²) < 4.78 is 25.9. The lowest BCUT2D eigenvalue weighted by atomic mass is 10.1. The molecule has 2 N–H and O–H groups in total. The summed E-state index contributed by atoms with van der Waals surface area (Å²) in [6.45, 7) is 3.57. The van der Waals surface area contributed by atoms with Crippen LogP contribution in [0.1, 0.15) is 136 Å². The van der Waals surface area contributed by atoms with Crippen LogP contribution in [0.15, 0.2) is 0 Å². The van der Waals surface area contributed by atoms with E-state index >= 15 is 0 Å². The van der Waals surface area contributed by atoms with E-state index in [9.17, 15) is 14.2 Å². The molecule has 0 aromatic heterocycles. The molecule has 35 heavy (non-hydrogen) atoms. The molecule has 0 saturated carbocycles. The molecule has 0 amide bonds. The Kier molecular flexibility index (Phi) is 22.8. The molecule has 0 bridgehead atoms. The zero-order chi connectivity index (χ0) is 26.2. The smallest absolute Gasteiger partial charge is 0.462 e. The van der Waals surface area contributed by atoms with Crippen LogP contribution in [0.3, 0.4) is 0 Å². The predicted octanol–water partition coefficient (Wildman–Crippen LogP) is 7.00. The van der Waals surface area contributed by atoms with Crippen molar-refractivity contribution in [1.29, 1.82) is 0 Å². The molecule has 0 saturated heterocycles. The maximum Gasteiger partial charge on any atom is 0.469 e. The molecule has 0 spiro atoms. The number of carbonyl (C=O) groups excluding carboxylic acids is 2. The van der Waals surface area contributed by atoms with Gasteiger partial charge in [-0.2, -0.15) is 0 Å². The summed E-state index contributed by atoms with van der Waals surface area (Å²) in [5, 5.41) is 0. The molecule has 0 aromatic carbocycles. The number of phosphoric ester groups is 1. The van der Waals surface area contributed by atoms with Crippen molar-refractivity contribution >= 4 is 19.8 Å². The summed E-state index contributed by atoms with van der Waals surface area (Å²) in [5.74, 6) is -0.891. The lowest BCUT2D eigenvalue weighted by molar-refractivity contribution is -0.161. The van der Waals surface area contributed by atoms with E-state index < -0.39 is 32.5 Å². The molecule has 0 unspecified atom stereocenters. The Labute approximate surface area is 213 Å². The van der Waals surface area contributed by atoms with Crippen LogP contribution in [0.5, 0.6) is 0 Å². The summed E-state index contributed by atoms with van der Waals surface area (Å²) in [6, 6.07) is 0. The molecule has 0 aliphatic heterocycles. The van der Waals surface area contributed by atoms with Crippen molar-refractivity contribution in [1.82, 2.24) is 0 Å². The van der Waals surface area contributed by atoms with Crippen LogP contribution in [0, 0.1) is 0 Å². The predicted molar refractivity (Wildman–Crippen MR) is 138 cm³/mol. The second kappa shape index (κ2) is 23.4. The van der Waals surface area contributed by atoms with Crippen LogP contribution >= 0.6 is 7.82 Å². The summed E-state index contributed by atoms with van der Waals surface area (Å²) in [7, 11) is -4.72. The van der Waals surface area contributed by atoms with Gasteiger partial charge in [0.2, 0.25) is 0 Å².